The van der Waals surface area contributed by atoms with Gasteiger partial charge in [-0.1, -0.05) is 24.8 Å². The van der Waals surface area contributed by atoms with Gasteiger partial charge in [-0.05, 0) is 38.5 Å². The molecule has 1 rings (SSSR count). The second kappa shape index (κ2) is 9.45. The Kier molecular flexibility index (Phi) is 7.64. The Bertz CT molecular complexity index is 649. The summed E-state index contributed by atoms with van der Waals surface area (Å²) in [6, 6.07) is 5.38. The first-order valence-corrected chi connectivity index (χ1v) is 7.96. The average molecular weight is 364 g/mol. The van der Waals surface area contributed by atoms with E-state index in [1.54, 1.807) is 45.0 Å². The Morgan fingerprint density at radius 2 is 1.81 bits per heavy atom. The summed E-state index contributed by atoms with van der Waals surface area (Å²) in [6.45, 7) is 8.60. The van der Waals surface area contributed by atoms with Crippen molar-refractivity contribution in [3.05, 3.63) is 42.5 Å². The second-order valence-electron chi connectivity index (χ2n) is 6.45. The maximum Gasteiger partial charge on any atom is 0.411 e. The predicted octanol–water partition coefficient (Wildman–Crippen LogP) is 2.94. The number of ether oxygens (including phenoxy) is 2. The maximum absolute atomic E-state index is 11.8. The van der Waals surface area contributed by atoms with Crippen LogP contribution in [0.2, 0.25) is 0 Å². The minimum Gasteiger partial charge on any atom is -0.480 e. The van der Waals surface area contributed by atoms with Gasteiger partial charge >= 0.3 is 18.2 Å². The molecule has 3 N–H and O–H groups in total. The molecule has 0 aliphatic carbocycles. The van der Waals surface area contributed by atoms with Gasteiger partial charge in [-0.15, -0.1) is 0 Å². The average Bonchev–Trinajstić information content (AvgIpc) is 2.52. The van der Waals surface area contributed by atoms with Gasteiger partial charge in [-0.3, -0.25) is 5.32 Å². The van der Waals surface area contributed by atoms with Gasteiger partial charge in [0.1, 0.15) is 18.2 Å². The molecule has 2 amide bonds. The normalized spacial score (nSPS) is 11.8. The quantitative estimate of drug-likeness (QED) is 0.641. The van der Waals surface area contributed by atoms with E-state index in [1.165, 1.54) is 6.08 Å². The van der Waals surface area contributed by atoms with Gasteiger partial charge in [0.05, 0.1) is 0 Å². The van der Waals surface area contributed by atoms with Gasteiger partial charge in [0.15, 0.2) is 0 Å². The molecule has 0 spiro atoms. The number of carboxylic acids is 1. The van der Waals surface area contributed by atoms with Crippen molar-refractivity contribution < 1.29 is 29.0 Å². The molecule has 0 aromatic heterocycles. The highest BCUT2D eigenvalue weighted by Gasteiger charge is 2.24. The molecule has 0 aliphatic heterocycles. The fourth-order valence-corrected chi connectivity index (χ4v) is 1.90. The number of alkyl carbamates (subject to hydrolysis) is 1. The zero-order valence-electron chi connectivity index (χ0n) is 15.1. The van der Waals surface area contributed by atoms with Gasteiger partial charge < -0.3 is 19.9 Å². The highest BCUT2D eigenvalue weighted by atomic mass is 16.6. The molecule has 0 heterocycles. The Balaban J connectivity index is 2.66. The number of nitrogens with one attached hydrogen (secondary N) is 2. The second-order valence-corrected chi connectivity index (χ2v) is 6.45. The van der Waals surface area contributed by atoms with E-state index < -0.39 is 29.8 Å². The number of hydrogen-bond acceptors (Lipinski definition) is 5. The first-order chi connectivity index (χ1) is 12.1. The molecule has 0 bridgehead atoms. The lowest BCUT2D eigenvalue weighted by atomic mass is 10.1. The van der Waals surface area contributed by atoms with Crippen molar-refractivity contribution in [2.45, 2.75) is 38.8 Å². The third kappa shape index (κ3) is 8.18. The number of anilines is 1. The molecule has 0 aliphatic rings. The van der Waals surface area contributed by atoms with E-state index in [9.17, 15) is 19.5 Å². The van der Waals surface area contributed by atoms with E-state index in [0.29, 0.717) is 11.3 Å². The Morgan fingerprint density at radius 3 is 2.31 bits per heavy atom. The van der Waals surface area contributed by atoms with E-state index in [2.05, 4.69) is 17.2 Å². The smallest absolute Gasteiger partial charge is 0.411 e. The van der Waals surface area contributed by atoms with Crippen molar-refractivity contribution >= 4 is 23.8 Å². The summed E-state index contributed by atoms with van der Waals surface area (Å²) in [7, 11) is 0. The lowest BCUT2D eigenvalue weighted by Crippen LogP contribution is -2.44. The highest BCUT2D eigenvalue weighted by molar-refractivity contribution is 5.84. The summed E-state index contributed by atoms with van der Waals surface area (Å²) < 4.78 is 9.87. The standard InChI is InChI=1S/C18H24N2O6/c1-5-10-25-16(23)19-13-8-6-12(7-9-13)11-14(15(21)22)20-17(24)26-18(2,3)4/h5-9,14H,1,10-11H2,2-4H3,(H,19,23)(H,20,24)(H,21,22)/t14-/m0/s1. The molecule has 0 fully saturated rings. The van der Waals surface area contributed by atoms with E-state index in [4.69, 9.17) is 9.47 Å². The van der Waals surface area contributed by atoms with E-state index in [1.807, 2.05) is 0 Å². The third-order valence-electron chi connectivity index (χ3n) is 2.96. The third-order valence-corrected chi connectivity index (χ3v) is 2.96. The van der Waals surface area contributed by atoms with Crippen LogP contribution < -0.4 is 10.6 Å². The fraction of sp³-hybridized carbons (Fsp3) is 0.389. The van der Waals surface area contributed by atoms with Crippen molar-refractivity contribution in [3.63, 3.8) is 0 Å². The summed E-state index contributed by atoms with van der Waals surface area (Å²) in [5.41, 5.74) is 0.439. The number of carboxylic acid groups (broad SMARTS) is 1. The molecule has 1 aromatic rings. The number of rotatable bonds is 7. The molecule has 8 heteroatoms. The molecule has 0 unspecified atom stereocenters. The van der Waals surface area contributed by atoms with Crippen LogP contribution in [0.3, 0.4) is 0 Å². The summed E-state index contributed by atoms with van der Waals surface area (Å²) in [5, 5.41) is 14.1. The Labute approximate surface area is 152 Å². The van der Waals surface area contributed by atoms with Gasteiger partial charge in [0.25, 0.3) is 0 Å². The molecular formula is C18H24N2O6. The van der Waals surface area contributed by atoms with Crippen molar-refractivity contribution in [1.29, 1.82) is 0 Å². The van der Waals surface area contributed by atoms with E-state index in [0.717, 1.165) is 0 Å². The van der Waals surface area contributed by atoms with Gasteiger partial charge in [-0.2, -0.15) is 0 Å². The first kappa shape index (κ1) is 21.0. The van der Waals surface area contributed by atoms with Crippen LogP contribution in [0.15, 0.2) is 36.9 Å². The lowest BCUT2D eigenvalue weighted by molar-refractivity contribution is -0.139. The summed E-state index contributed by atoms with van der Waals surface area (Å²) in [4.78, 5) is 34.6. The lowest BCUT2D eigenvalue weighted by Gasteiger charge is -2.22. The van der Waals surface area contributed by atoms with Gasteiger partial charge in [0, 0.05) is 12.1 Å². The number of carbonyl (C=O) groups is 3. The zero-order chi connectivity index (χ0) is 19.7. The minimum atomic E-state index is -1.17. The fourth-order valence-electron chi connectivity index (χ4n) is 1.90. The van der Waals surface area contributed by atoms with Crippen LogP contribution in [0, 0.1) is 0 Å². The van der Waals surface area contributed by atoms with Crippen molar-refractivity contribution in [2.75, 3.05) is 11.9 Å². The predicted molar refractivity (Wildman–Crippen MR) is 96.1 cm³/mol. The molecule has 0 radical (unpaired) electrons. The topological polar surface area (TPSA) is 114 Å². The number of carbonyl (C=O) groups excluding carboxylic acids is 2. The van der Waals surface area contributed by atoms with Crippen LogP contribution in [-0.4, -0.2) is 41.5 Å². The maximum atomic E-state index is 11.8. The van der Waals surface area contributed by atoms with Crippen LogP contribution in [0.25, 0.3) is 0 Å². The zero-order valence-corrected chi connectivity index (χ0v) is 15.1. The molecule has 0 saturated carbocycles. The van der Waals surface area contributed by atoms with E-state index >= 15 is 0 Å². The van der Waals surface area contributed by atoms with Crippen LogP contribution in [-0.2, 0) is 20.7 Å². The Hall–Kier alpha value is -3.03. The largest absolute Gasteiger partial charge is 0.480 e. The molecule has 8 nitrogen and oxygen atoms in total. The molecule has 142 valence electrons. The van der Waals surface area contributed by atoms with Crippen molar-refractivity contribution in [3.8, 4) is 0 Å². The van der Waals surface area contributed by atoms with Crippen molar-refractivity contribution in [1.82, 2.24) is 5.32 Å². The van der Waals surface area contributed by atoms with Gasteiger partial charge in [-0.25, -0.2) is 14.4 Å². The first-order valence-electron chi connectivity index (χ1n) is 7.96. The van der Waals surface area contributed by atoms with Crippen LogP contribution in [0.5, 0.6) is 0 Å². The molecule has 1 atom stereocenters. The summed E-state index contributed by atoms with van der Waals surface area (Å²) in [6.07, 6.45) is 0.100. The number of benzene rings is 1. The summed E-state index contributed by atoms with van der Waals surface area (Å²) >= 11 is 0. The molecule has 26 heavy (non-hydrogen) atoms. The minimum absolute atomic E-state index is 0.0652. The van der Waals surface area contributed by atoms with Crippen LogP contribution in [0.1, 0.15) is 26.3 Å². The number of aliphatic carboxylic acids is 1. The van der Waals surface area contributed by atoms with Crippen LogP contribution >= 0.6 is 0 Å². The Morgan fingerprint density at radius 1 is 1.19 bits per heavy atom. The van der Waals surface area contributed by atoms with Crippen molar-refractivity contribution in [2.24, 2.45) is 0 Å². The monoisotopic (exact) mass is 364 g/mol. The van der Waals surface area contributed by atoms with Gasteiger partial charge in [0.2, 0.25) is 0 Å². The highest BCUT2D eigenvalue weighted by Crippen LogP contribution is 2.13. The molecule has 0 saturated heterocycles. The van der Waals surface area contributed by atoms with Crippen LogP contribution in [0.4, 0.5) is 15.3 Å². The summed E-state index contributed by atoms with van der Waals surface area (Å²) in [5.74, 6) is -1.17. The van der Waals surface area contributed by atoms with E-state index in [-0.39, 0.29) is 13.0 Å². The number of hydrogen-bond donors (Lipinski definition) is 3. The molecular weight excluding hydrogens is 340 g/mol. The SMILES string of the molecule is C=CCOC(=O)Nc1ccc(C[C@H](NC(=O)OC(C)(C)C)C(=O)O)cc1. The number of amides is 2. The molecule has 1 aromatic carbocycles.